The third-order valence-electron chi connectivity index (χ3n) is 3.12. The molecule has 1 unspecified atom stereocenters. The van der Waals surface area contributed by atoms with Crippen molar-refractivity contribution in [2.45, 2.75) is 25.8 Å². The van der Waals surface area contributed by atoms with Crippen molar-refractivity contribution >= 4 is 23.1 Å². The van der Waals surface area contributed by atoms with Crippen LogP contribution in [0, 0.1) is 18.7 Å². The molecule has 0 spiro atoms. The lowest BCUT2D eigenvalue weighted by Crippen LogP contribution is -2.45. The number of thiocarbonyl (C=S) groups is 1. The summed E-state index contributed by atoms with van der Waals surface area (Å²) in [7, 11) is 0. The summed E-state index contributed by atoms with van der Waals surface area (Å²) >= 11 is 4.96. The molecule has 2 rings (SSSR count). The first-order chi connectivity index (χ1) is 8.49. The number of nitrogens with one attached hydrogen (secondary N) is 1. The topological polar surface area (TPSA) is 55.1 Å². The Kier molecular flexibility index (Phi) is 3.61. The molecule has 3 N–H and O–H groups in total. The largest absolute Gasteiger partial charge is 0.392 e. The standard InChI is InChI=1S/C13H15FN2OS/c1-7-6-9(14)4-5-10(7)13(17)16-11(12(15)18)8-2-3-8/h4-6,8,11H,2-3H2,1H3,(H2,15,18)(H,16,17). The first kappa shape index (κ1) is 13.0. The maximum Gasteiger partial charge on any atom is 0.252 e. The summed E-state index contributed by atoms with van der Waals surface area (Å²) in [6.07, 6.45) is 2.06. The Bertz CT molecular complexity index is 500. The van der Waals surface area contributed by atoms with Gasteiger partial charge in [-0.15, -0.1) is 0 Å². The molecule has 0 bridgehead atoms. The van der Waals surface area contributed by atoms with Crippen LogP contribution < -0.4 is 11.1 Å². The van der Waals surface area contributed by atoms with Crippen LogP contribution in [0.5, 0.6) is 0 Å². The van der Waals surface area contributed by atoms with Crippen LogP contribution >= 0.6 is 12.2 Å². The highest BCUT2D eigenvalue weighted by Gasteiger charge is 2.34. The lowest BCUT2D eigenvalue weighted by atomic mass is 10.1. The maximum absolute atomic E-state index is 13.0. The molecule has 3 nitrogen and oxygen atoms in total. The third-order valence-corrected chi connectivity index (χ3v) is 3.37. The monoisotopic (exact) mass is 266 g/mol. The Labute approximate surface area is 111 Å². The fraction of sp³-hybridized carbons (Fsp3) is 0.385. The molecule has 0 heterocycles. The van der Waals surface area contributed by atoms with E-state index in [-0.39, 0.29) is 17.8 Å². The van der Waals surface area contributed by atoms with Gasteiger partial charge in [0.25, 0.3) is 5.91 Å². The van der Waals surface area contributed by atoms with Gasteiger partial charge in [0, 0.05) is 5.56 Å². The fourth-order valence-corrected chi connectivity index (χ4v) is 2.20. The molecule has 0 aromatic heterocycles. The second-order valence-electron chi connectivity index (χ2n) is 4.65. The van der Waals surface area contributed by atoms with Gasteiger partial charge < -0.3 is 11.1 Å². The van der Waals surface area contributed by atoms with Crippen molar-refractivity contribution in [2.75, 3.05) is 0 Å². The summed E-state index contributed by atoms with van der Waals surface area (Å²) in [6, 6.07) is 3.83. The summed E-state index contributed by atoms with van der Waals surface area (Å²) in [5.41, 5.74) is 6.68. The molecule has 1 amide bonds. The van der Waals surface area contributed by atoms with E-state index in [1.165, 1.54) is 18.2 Å². The van der Waals surface area contributed by atoms with Crippen molar-refractivity contribution in [3.63, 3.8) is 0 Å². The molecule has 0 aliphatic heterocycles. The molecule has 18 heavy (non-hydrogen) atoms. The van der Waals surface area contributed by atoms with Gasteiger partial charge in [0.05, 0.1) is 11.0 Å². The molecule has 96 valence electrons. The van der Waals surface area contributed by atoms with E-state index in [0.29, 0.717) is 22.0 Å². The number of rotatable bonds is 4. The zero-order chi connectivity index (χ0) is 13.3. The van der Waals surface area contributed by atoms with Crippen molar-refractivity contribution in [1.29, 1.82) is 0 Å². The van der Waals surface area contributed by atoms with Gasteiger partial charge in [-0.25, -0.2) is 4.39 Å². The highest BCUT2D eigenvalue weighted by molar-refractivity contribution is 7.80. The van der Waals surface area contributed by atoms with E-state index >= 15 is 0 Å². The van der Waals surface area contributed by atoms with Crippen LogP contribution in [0.15, 0.2) is 18.2 Å². The third kappa shape index (κ3) is 2.85. The highest BCUT2D eigenvalue weighted by Crippen LogP contribution is 2.33. The SMILES string of the molecule is Cc1cc(F)ccc1C(=O)NC(C(N)=S)C1CC1. The molecule has 1 fully saturated rings. The van der Waals surface area contributed by atoms with Crippen molar-refractivity contribution in [2.24, 2.45) is 11.7 Å². The quantitative estimate of drug-likeness (QED) is 0.819. The van der Waals surface area contributed by atoms with E-state index < -0.39 is 0 Å². The minimum Gasteiger partial charge on any atom is -0.392 e. The minimum atomic E-state index is -0.350. The van der Waals surface area contributed by atoms with Gasteiger partial charge in [-0.1, -0.05) is 12.2 Å². The number of benzene rings is 1. The summed E-state index contributed by atoms with van der Waals surface area (Å²) in [5, 5.41) is 2.83. The predicted molar refractivity (Wildman–Crippen MR) is 71.9 cm³/mol. The number of amides is 1. The molecule has 1 aliphatic carbocycles. The number of carbonyl (C=O) groups excluding carboxylic acids is 1. The molecular weight excluding hydrogens is 251 g/mol. The number of aryl methyl sites for hydroxylation is 1. The number of hydrogen-bond donors (Lipinski definition) is 2. The van der Waals surface area contributed by atoms with Crippen LogP contribution in [-0.4, -0.2) is 16.9 Å². The van der Waals surface area contributed by atoms with Crippen LogP contribution in [0.1, 0.15) is 28.8 Å². The predicted octanol–water partition coefficient (Wildman–Crippen LogP) is 1.93. The average molecular weight is 266 g/mol. The second kappa shape index (κ2) is 5.02. The molecule has 0 saturated heterocycles. The lowest BCUT2D eigenvalue weighted by molar-refractivity contribution is 0.0943. The maximum atomic E-state index is 13.0. The minimum absolute atomic E-state index is 0.253. The fourth-order valence-electron chi connectivity index (χ4n) is 1.95. The van der Waals surface area contributed by atoms with Crippen molar-refractivity contribution in [3.05, 3.63) is 35.1 Å². The van der Waals surface area contributed by atoms with E-state index in [0.717, 1.165) is 12.8 Å². The van der Waals surface area contributed by atoms with Gasteiger partial charge in [0.1, 0.15) is 5.82 Å². The summed E-state index contributed by atoms with van der Waals surface area (Å²) in [4.78, 5) is 12.4. The molecule has 1 aliphatic rings. The van der Waals surface area contributed by atoms with E-state index in [1.807, 2.05) is 0 Å². The van der Waals surface area contributed by atoms with E-state index in [9.17, 15) is 9.18 Å². The summed E-state index contributed by atoms with van der Waals surface area (Å²) in [6.45, 7) is 1.70. The Morgan fingerprint density at radius 3 is 2.72 bits per heavy atom. The zero-order valence-corrected chi connectivity index (χ0v) is 10.9. The van der Waals surface area contributed by atoms with E-state index in [2.05, 4.69) is 5.32 Å². The number of carbonyl (C=O) groups is 1. The molecule has 1 aromatic rings. The van der Waals surface area contributed by atoms with Gasteiger partial charge in [0.15, 0.2) is 0 Å². The molecular formula is C13H15FN2OS. The number of nitrogens with two attached hydrogens (primary N) is 1. The number of halogens is 1. The van der Waals surface area contributed by atoms with Crippen molar-refractivity contribution < 1.29 is 9.18 Å². The van der Waals surface area contributed by atoms with Gasteiger partial charge in [-0.05, 0) is 49.4 Å². The molecule has 1 saturated carbocycles. The van der Waals surface area contributed by atoms with E-state index in [4.69, 9.17) is 18.0 Å². The normalized spacial score (nSPS) is 16.1. The van der Waals surface area contributed by atoms with Crippen molar-refractivity contribution in [3.8, 4) is 0 Å². The van der Waals surface area contributed by atoms with Crippen LogP contribution in [0.3, 0.4) is 0 Å². The summed E-state index contributed by atoms with van der Waals surface area (Å²) < 4.78 is 13.0. The Morgan fingerprint density at radius 2 is 2.22 bits per heavy atom. The number of hydrogen-bond acceptors (Lipinski definition) is 2. The second-order valence-corrected chi connectivity index (χ2v) is 5.12. The Morgan fingerprint density at radius 1 is 1.56 bits per heavy atom. The van der Waals surface area contributed by atoms with Crippen LogP contribution in [0.4, 0.5) is 4.39 Å². The molecule has 1 atom stereocenters. The highest BCUT2D eigenvalue weighted by atomic mass is 32.1. The first-order valence-electron chi connectivity index (χ1n) is 5.85. The average Bonchev–Trinajstić information content (AvgIpc) is 3.08. The van der Waals surface area contributed by atoms with Gasteiger partial charge in [-0.3, -0.25) is 4.79 Å². The van der Waals surface area contributed by atoms with Gasteiger partial charge in [-0.2, -0.15) is 0 Å². The smallest absolute Gasteiger partial charge is 0.252 e. The Hall–Kier alpha value is -1.49. The van der Waals surface area contributed by atoms with Gasteiger partial charge in [0.2, 0.25) is 0 Å². The van der Waals surface area contributed by atoms with Crippen LogP contribution in [0.2, 0.25) is 0 Å². The Balaban J connectivity index is 2.13. The van der Waals surface area contributed by atoms with Crippen LogP contribution in [0.25, 0.3) is 0 Å². The van der Waals surface area contributed by atoms with E-state index in [1.54, 1.807) is 6.92 Å². The first-order valence-corrected chi connectivity index (χ1v) is 6.26. The molecule has 0 radical (unpaired) electrons. The lowest BCUT2D eigenvalue weighted by Gasteiger charge is -2.17. The zero-order valence-electron chi connectivity index (χ0n) is 10.1. The molecule has 1 aromatic carbocycles. The molecule has 5 heteroatoms. The summed E-state index contributed by atoms with van der Waals surface area (Å²) in [5.74, 6) is -0.249. The van der Waals surface area contributed by atoms with Gasteiger partial charge >= 0.3 is 0 Å². The van der Waals surface area contributed by atoms with Crippen LogP contribution in [-0.2, 0) is 0 Å². The van der Waals surface area contributed by atoms with Crippen molar-refractivity contribution in [1.82, 2.24) is 5.32 Å².